The Morgan fingerprint density at radius 1 is 1.12 bits per heavy atom. The van der Waals surface area contributed by atoms with Gasteiger partial charge < -0.3 is 4.74 Å². The quantitative estimate of drug-likeness (QED) is 0.763. The Bertz CT molecular complexity index is 506. The Morgan fingerprint density at radius 2 is 1.94 bits per heavy atom. The van der Waals surface area contributed by atoms with Gasteiger partial charge in [0.05, 0.1) is 12.8 Å². The van der Waals surface area contributed by atoms with Crippen LogP contribution < -0.4 is 4.74 Å². The molecule has 0 amide bonds. The highest BCUT2D eigenvalue weighted by Crippen LogP contribution is 2.25. The molecule has 82 valence electrons. The summed E-state index contributed by atoms with van der Waals surface area (Å²) in [6, 6.07) is 10.1. The number of aryl methyl sites for hydroxylation is 1. The highest BCUT2D eigenvalue weighted by Gasteiger charge is 2.05. The summed E-state index contributed by atoms with van der Waals surface area (Å²) >= 11 is 0. The lowest BCUT2D eigenvalue weighted by Crippen LogP contribution is -1.91. The van der Waals surface area contributed by atoms with Gasteiger partial charge in [-0.25, -0.2) is 0 Å². The molecule has 2 nitrogen and oxygen atoms in total. The lowest BCUT2D eigenvalue weighted by molar-refractivity contribution is 0.414. The summed E-state index contributed by atoms with van der Waals surface area (Å²) in [7, 11) is 1.67. The fraction of sp³-hybridized carbons (Fsp3) is 0.214. The summed E-state index contributed by atoms with van der Waals surface area (Å²) in [5.41, 5.74) is 4.67. The van der Waals surface area contributed by atoms with Gasteiger partial charge in [0.25, 0.3) is 0 Å². The molecule has 0 aliphatic heterocycles. The SMILES string of the molecule is COc1ccnc(-c2cccc(C)c2C)c1. The van der Waals surface area contributed by atoms with Crippen molar-refractivity contribution in [1.82, 2.24) is 4.98 Å². The fourth-order valence-corrected chi connectivity index (χ4v) is 1.71. The second kappa shape index (κ2) is 4.35. The number of ether oxygens (including phenoxy) is 1. The molecule has 0 bridgehead atoms. The molecule has 1 heterocycles. The number of nitrogens with zero attached hydrogens (tertiary/aromatic N) is 1. The molecule has 2 heteroatoms. The lowest BCUT2D eigenvalue weighted by atomic mass is 10.0. The predicted octanol–water partition coefficient (Wildman–Crippen LogP) is 3.37. The lowest BCUT2D eigenvalue weighted by Gasteiger charge is -2.08. The van der Waals surface area contributed by atoms with Gasteiger partial charge >= 0.3 is 0 Å². The normalized spacial score (nSPS) is 10.2. The third-order valence-electron chi connectivity index (χ3n) is 2.85. The molecular formula is C14H15NO. The first-order valence-electron chi connectivity index (χ1n) is 5.29. The number of aromatic nitrogens is 1. The molecule has 0 unspecified atom stereocenters. The number of hydrogen-bond acceptors (Lipinski definition) is 2. The Kier molecular flexibility index (Phi) is 2.91. The van der Waals surface area contributed by atoms with Crippen LogP contribution in [0.4, 0.5) is 0 Å². The molecule has 2 rings (SSSR count). The molecule has 0 aliphatic carbocycles. The number of methoxy groups -OCH3 is 1. The Hall–Kier alpha value is -1.83. The third kappa shape index (κ3) is 1.91. The zero-order valence-corrected chi connectivity index (χ0v) is 9.82. The van der Waals surface area contributed by atoms with Crippen molar-refractivity contribution in [3.8, 4) is 17.0 Å². The van der Waals surface area contributed by atoms with Crippen LogP contribution in [0, 0.1) is 13.8 Å². The maximum atomic E-state index is 5.21. The van der Waals surface area contributed by atoms with Crippen LogP contribution in [-0.2, 0) is 0 Å². The van der Waals surface area contributed by atoms with Gasteiger partial charge in [-0.1, -0.05) is 18.2 Å². The van der Waals surface area contributed by atoms with E-state index in [1.807, 2.05) is 12.1 Å². The maximum absolute atomic E-state index is 5.21. The van der Waals surface area contributed by atoms with Crippen LogP contribution in [0.1, 0.15) is 11.1 Å². The van der Waals surface area contributed by atoms with E-state index in [9.17, 15) is 0 Å². The molecule has 0 radical (unpaired) electrons. The highest BCUT2D eigenvalue weighted by atomic mass is 16.5. The summed E-state index contributed by atoms with van der Waals surface area (Å²) in [6.45, 7) is 4.23. The molecule has 0 saturated carbocycles. The topological polar surface area (TPSA) is 22.1 Å². The minimum absolute atomic E-state index is 0.839. The first-order chi connectivity index (χ1) is 7.72. The Labute approximate surface area is 95.9 Å². The summed E-state index contributed by atoms with van der Waals surface area (Å²) in [6.07, 6.45) is 1.77. The van der Waals surface area contributed by atoms with Crippen LogP contribution in [0.2, 0.25) is 0 Å². The van der Waals surface area contributed by atoms with Crippen molar-refractivity contribution >= 4 is 0 Å². The molecule has 0 aliphatic rings. The standard InChI is InChI=1S/C14H15NO/c1-10-5-4-6-13(11(10)2)14-9-12(16-3)7-8-15-14/h4-9H,1-3H3. The van der Waals surface area contributed by atoms with E-state index in [0.29, 0.717) is 0 Å². The zero-order valence-electron chi connectivity index (χ0n) is 9.82. The van der Waals surface area contributed by atoms with E-state index in [1.165, 1.54) is 16.7 Å². The van der Waals surface area contributed by atoms with Crippen molar-refractivity contribution in [2.45, 2.75) is 13.8 Å². The van der Waals surface area contributed by atoms with Gasteiger partial charge in [0.15, 0.2) is 0 Å². The summed E-state index contributed by atoms with van der Waals surface area (Å²) < 4.78 is 5.21. The van der Waals surface area contributed by atoms with Crippen molar-refractivity contribution in [2.75, 3.05) is 7.11 Å². The van der Waals surface area contributed by atoms with Crippen molar-refractivity contribution in [3.63, 3.8) is 0 Å². The van der Waals surface area contributed by atoms with Gasteiger partial charge in [-0.3, -0.25) is 4.98 Å². The van der Waals surface area contributed by atoms with Crippen LogP contribution >= 0.6 is 0 Å². The number of hydrogen-bond donors (Lipinski definition) is 0. The molecule has 1 aromatic carbocycles. The third-order valence-corrected chi connectivity index (χ3v) is 2.85. The first kappa shape index (κ1) is 10.7. The molecule has 16 heavy (non-hydrogen) atoms. The summed E-state index contributed by atoms with van der Waals surface area (Å²) in [4.78, 5) is 4.38. The average molecular weight is 213 g/mol. The van der Waals surface area contributed by atoms with Crippen molar-refractivity contribution in [3.05, 3.63) is 47.7 Å². The van der Waals surface area contributed by atoms with Crippen molar-refractivity contribution in [1.29, 1.82) is 0 Å². The molecule has 0 atom stereocenters. The van der Waals surface area contributed by atoms with E-state index in [4.69, 9.17) is 4.74 Å². The minimum atomic E-state index is 0.839. The Balaban J connectivity index is 2.54. The van der Waals surface area contributed by atoms with Crippen LogP contribution in [0.15, 0.2) is 36.5 Å². The van der Waals surface area contributed by atoms with E-state index in [1.54, 1.807) is 13.3 Å². The molecule has 2 aromatic rings. The highest BCUT2D eigenvalue weighted by molar-refractivity contribution is 5.65. The average Bonchev–Trinajstić information content (AvgIpc) is 2.33. The summed E-state index contributed by atoms with van der Waals surface area (Å²) in [5.74, 6) is 0.839. The minimum Gasteiger partial charge on any atom is -0.497 e. The van der Waals surface area contributed by atoms with Crippen LogP contribution in [0.5, 0.6) is 5.75 Å². The molecule has 0 saturated heterocycles. The van der Waals surface area contributed by atoms with Gasteiger partial charge in [0.1, 0.15) is 5.75 Å². The molecule has 0 fully saturated rings. The van der Waals surface area contributed by atoms with E-state index < -0.39 is 0 Å². The van der Waals surface area contributed by atoms with Crippen LogP contribution in [-0.4, -0.2) is 12.1 Å². The number of rotatable bonds is 2. The van der Waals surface area contributed by atoms with Crippen molar-refractivity contribution in [2.24, 2.45) is 0 Å². The second-order valence-electron chi connectivity index (χ2n) is 3.83. The van der Waals surface area contributed by atoms with Crippen LogP contribution in [0.25, 0.3) is 11.3 Å². The largest absolute Gasteiger partial charge is 0.497 e. The van der Waals surface area contributed by atoms with Gasteiger partial charge in [0.2, 0.25) is 0 Å². The smallest absolute Gasteiger partial charge is 0.122 e. The molecule has 1 aromatic heterocycles. The fourth-order valence-electron chi connectivity index (χ4n) is 1.71. The van der Waals surface area contributed by atoms with Gasteiger partial charge in [-0.15, -0.1) is 0 Å². The van der Waals surface area contributed by atoms with E-state index in [0.717, 1.165) is 11.4 Å². The second-order valence-corrected chi connectivity index (χ2v) is 3.83. The number of benzene rings is 1. The zero-order chi connectivity index (χ0) is 11.5. The van der Waals surface area contributed by atoms with E-state index in [2.05, 4.69) is 37.0 Å². The molecule has 0 N–H and O–H groups in total. The predicted molar refractivity (Wildman–Crippen MR) is 65.7 cm³/mol. The monoisotopic (exact) mass is 213 g/mol. The summed E-state index contributed by atoms with van der Waals surface area (Å²) in [5, 5.41) is 0. The van der Waals surface area contributed by atoms with Crippen molar-refractivity contribution < 1.29 is 4.74 Å². The van der Waals surface area contributed by atoms with Crippen LogP contribution in [0.3, 0.4) is 0 Å². The molecular weight excluding hydrogens is 198 g/mol. The maximum Gasteiger partial charge on any atom is 0.122 e. The molecule has 0 spiro atoms. The van der Waals surface area contributed by atoms with Gasteiger partial charge in [0, 0.05) is 17.8 Å². The van der Waals surface area contributed by atoms with Gasteiger partial charge in [-0.2, -0.15) is 0 Å². The number of pyridine rings is 1. The van der Waals surface area contributed by atoms with Gasteiger partial charge in [-0.05, 0) is 31.0 Å². The first-order valence-corrected chi connectivity index (χ1v) is 5.29. The van der Waals surface area contributed by atoms with E-state index >= 15 is 0 Å². The van der Waals surface area contributed by atoms with E-state index in [-0.39, 0.29) is 0 Å². The Morgan fingerprint density at radius 3 is 2.69 bits per heavy atom.